The fourth-order valence-corrected chi connectivity index (χ4v) is 3.20. The number of piperazine rings is 1. The molecule has 0 amide bonds. The lowest BCUT2D eigenvalue weighted by molar-refractivity contribution is 0.0538. The first kappa shape index (κ1) is 18.5. The summed E-state index contributed by atoms with van der Waals surface area (Å²) in [5, 5.41) is 2.10. The van der Waals surface area contributed by atoms with E-state index >= 15 is 0 Å². The molecular weight excluding hydrogens is 326 g/mol. The van der Waals surface area contributed by atoms with Crippen LogP contribution in [0.3, 0.4) is 0 Å². The Bertz CT molecular complexity index is 818. The van der Waals surface area contributed by atoms with E-state index in [1.807, 2.05) is 33.2 Å². The lowest BCUT2D eigenvalue weighted by Gasteiger charge is -2.33. The average Bonchev–Trinajstić information content (AvgIpc) is 2.99. The van der Waals surface area contributed by atoms with E-state index < -0.39 is 5.60 Å². The predicted molar refractivity (Wildman–Crippen MR) is 104 cm³/mol. The van der Waals surface area contributed by atoms with Gasteiger partial charge in [-0.2, -0.15) is 0 Å². The van der Waals surface area contributed by atoms with Crippen molar-refractivity contribution in [2.45, 2.75) is 32.9 Å². The number of carbonyl (C=O) groups is 1. The Labute approximate surface area is 155 Å². The molecule has 0 bridgehead atoms. The largest absolute Gasteiger partial charge is 0.443 e. The Morgan fingerprint density at radius 1 is 1.12 bits per heavy atom. The van der Waals surface area contributed by atoms with Crippen molar-refractivity contribution in [3.05, 3.63) is 36.2 Å². The summed E-state index contributed by atoms with van der Waals surface area (Å²) >= 11 is 0. The second-order valence-corrected chi connectivity index (χ2v) is 7.87. The smallest absolute Gasteiger partial charge is 0.418 e. The maximum atomic E-state index is 12.2. The monoisotopic (exact) mass is 353 g/mol. The maximum absolute atomic E-state index is 12.2. The molecule has 1 aromatic heterocycles. The summed E-state index contributed by atoms with van der Waals surface area (Å²) in [5.41, 5.74) is 0.755. The zero-order valence-corrected chi connectivity index (χ0v) is 15.9. The summed E-state index contributed by atoms with van der Waals surface area (Å²) in [4.78, 5) is 17.0. The summed E-state index contributed by atoms with van der Waals surface area (Å²) in [6.07, 6.45) is 8.71. The number of rotatable bonds is 3. The van der Waals surface area contributed by atoms with Crippen LogP contribution in [0.4, 0.5) is 4.79 Å². The Hall–Kier alpha value is -2.29. The summed E-state index contributed by atoms with van der Waals surface area (Å²) in [6.45, 7) is 11.3. The summed E-state index contributed by atoms with van der Waals surface area (Å²) < 4.78 is 6.96. The second-order valence-electron chi connectivity index (χ2n) is 7.87. The van der Waals surface area contributed by atoms with Gasteiger partial charge in [0, 0.05) is 50.5 Å². The van der Waals surface area contributed by atoms with Gasteiger partial charge in [0.1, 0.15) is 5.60 Å². The van der Waals surface area contributed by atoms with Crippen LogP contribution >= 0.6 is 0 Å². The highest BCUT2D eigenvalue weighted by atomic mass is 16.6. The fourth-order valence-electron chi connectivity index (χ4n) is 3.20. The number of benzene rings is 1. The first-order chi connectivity index (χ1) is 12.3. The van der Waals surface area contributed by atoms with E-state index in [2.05, 4.69) is 33.9 Å². The van der Waals surface area contributed by atoms with Gasteiger partial charge < -0.3 is 4.74 Å². The van der Waals surface area contributed by atoms with Gasteiger partial charge in [0.25, 0.3) is 0 Å². The van der Waals surface area contributed by atoms with Gasteiger partial charge in [0.15, 0.2) is 0 Å². The predicted octanol–water partition coefficient (Wildman–Crippen LogP) is 3.18. The highest BCUT2D eigenvalue weighted by Crippen LogP contribution is 2.20. The van der Waals surface area contributed by atoms with E-state index in [-0.39, 0.29) is 6.09 Å². The molecule has 0 unspecified atom stereocenters. The molecule has 138 valence electrons. The number of aromatic nitrogens is 1. The van der Waals surface area contributed by atoms with Gasteiger partial charge in [-0.05, 0) is 37.8 Å². The van der Waals surface area contributed by atoms with E-state index in [4.69, 9.17) is 11.2 Å². The van der Waals surface area contributed by atoms with E-state index in [1.165, 1.54) is 10.1 Å². The standard InChI is InChI=1S/C21H27N3O2/c1-5-8-22-9-11-23(12-10-22)14-17-6-7-18-15-24(16-19(18)13-17)20(25)26-21(2,3)4/h1,6-7,13,15-16H,8-12,14H2,2-4H3. The van der Waals surface area contributed by atoms with Gasteiger partial charge in [0.2, 0.25) is 0 Å². The minimum Gasteiger partial charge on any atom is -0.443 e. The molecule has 26 heavy (non-hydrogen) atoms. The van der Waals surface area contributed by atoms with Crippen LogP contribution in [0.5, 0.6) is 0 Å². The van der Waals surface area contributed by atoms with Crippen molar-refractivity contribution in [1.29, 1.82) is 0 Å². The molecule has 0 spiro atoms. The van der Waals surface area contributed by atoms with Gasteiger partial charge in [-0.15, -0.1) is 6.42 Å². The highest BCUT2D eigenvalue weighted by molar-refractivity contribution is 5.87. The molecule has 0 saturated carbocycles. The third-order valence-electron chi connectivity index (χ3n) is 4.50. The molecule has 2 aromatic rings. The molecule has 0 radical (unpaired) electrons. The summed E-state index contributed by atoms with van der Waals surface area (Å²) in [7, 11) is 0. The topological polar surface area (TPSA) is 37.7 Å². The summed E-state index contributed by atoms with van der Waals surface area (Å²) in [5.74, 6) is 2.71. The Kier molecular flexibility index (Phi) is 5.36. The second kappa shape index (κ2) is 7.53. The van der Waals surface area contributed by atoms with Crippen LogP contribution in [0.2, 0.25) is 0 Å². The molecule has 3 rings (SSSR count). The van der Waals surface area contributed by atoms with Crippen LogP contribution in [0, 0.1) is 12.3 Å². The lowest BCUT2D eigenvalue weighted by Crippen LogP contribution is -2.45. The van der Waals surface area contributed by atoms with Crippen LogP contribution in [0.1, 0.15) is 26.3 Å². The highest BCUT2D eigenvalue weighted by Gasteiger charge is 2.19. The van der Waals surface area contributed by atoms with Crippen LogP contribution in [-0.4, -0.2) is 58.8 Å². The van der Waals surface area contributed by atoms with Crippen molar-refractivity contribution in [1.82, 2.24) is 14.4 Å². The molecule has 1 aliphatic heterocycles. The Balaban J connectivity index is 1.66. The molecule has 1 saturated heterocycles. The van der Waals surface area contributed by atoms with Gasteiger partial charge in [0.05, 0.1) is 6.54 Å². The maximum Gasteiger partial charge on any atom is 0.418 e. The molecule has 0 aliphatic carbocycles. The molecule has 2 heterocycles. The Morgan fingerprint density at radius 2 is 1.77 bits per heavy atom. The van der Waals surface area contributed by atoms with Crippen molar-refractivity contribution in [3.8, 4) is 12.3 Å². The number of carbonyl (C=O) groups excluding carboxylic acids is 1. The molecule has 1 aliphatic rings. The minimum atomic E-state index is -0.500. The first-order valence-electron chi connectivity index (χ1n) is 9.06. The molecule has 5 heteroatoms. The molecular formula is C21H27N3O2. The van der Waals surface area contributed by atoms with Crippen molar-refractivity contribution >= 4 is 16.9 Å². The Morgan fingerprint density at radius 3 is 2.42 bits per heavy atom. The van der Waals surface area contributed by atoms with Crippen molar-refractivity contribution in [2.24, 2.45) is 0 Å². The van der Waals surface area contributed by atoms with Crippen LogP contribution in [-0.2, 0) is 11.3 Å². The van der Waals surface area contributed by atoms with Crippen molar-refractivity contribution < 1.29 is 9.53 Å². The zero-order chi connectivity index (χ0) is 18.7. The van der Waals surface area contributed by atoms with Gasteiger partial charge in [-0.1, -0.05) is 18.1 Å². The third-order valence-corrected chi connectivity index (χ3v) is 4.50. The van der Waals surface area contributed by atoms with Crippen molar-refractivity contribution in [3.63, 3.8) is 0 Å². The first-order valence-corrected chi connectivity index (χ1v) is 9.06. The third kappa shape index (κ3) is 4.66. The lowest BCUT2D eigenvalue weighted by atomic mass is 10.1. The van der Waals surface area contributed by atoms with Crippen LogP contribution in [0.15, 0.2) is 30.6 Å². The van der Waals surface area contributed by atoms with Gasteiger partial charge in [-0.25, -0.2) is 4.79 Å². The van der Waals surface area contributed by atoms with E-state index in [1.54, 1.807) is 0 Å². The van der Waals surface area contributed by atoms with E-state index in [0.717, 1.165) is 50.0 Å². The van der Waals surface area contributed by atoms with Gasteiger partial charge >= 0.3 is 6.09 Å². The van der Waals surface area contributed by atoms with Crippen molar-refractivity contribution in [2.75, 3.05) is 32.7 Å². The zero-order valence-electron chi connectivity index (χ0n) is 15.9. The van der Waals surface area contributed by atoms with Crippen LogP contribution < -0.4 is 0 Å². The molecule has 0 atom stereocenters. The van der Waals surface area contributed by atoms with E-state index in [9.17, 15) is 4.79 Å². The van der Waals surface area contributed by atoms with E-state index in [0.29, 0.717) is 0 Å². The molecule has 1 fully saturated rings. The van der Waals surface area contributed by atoms with Gasteiger partial charge in [-0.3, -0.25) is 14.4 Å². The van der Waals surface area contributed by atoms with Crippen LogP contribution in [0.25, 0.3) is 10.8 Å². The fraction of sp³-hybridized carbons (Fsp3) is 0.476. The molecule has 5 nitrogen and oxygen atoms in total. The number of hydrogen-bond donors (Lipinski definition) is 0. The quantitative estimate of drug-likeness (QED) is 0.795. The number of fused-ring (bicyclic) bond motifs is 1. The average molecular weight is 353 g/mol. The summed E-state index contributed by atoms with van der Waals surface area (Å²) in [6, 6.07) is 6.36. The molecule has 1 aromatic carbocycles. The number of ether oxygens (including phenoxy) is 1. The SMILES string of the molecule is C#CCN1CCN(Cc2ccc3cn(C(=O)OC(C)(C)C)cc3c2)CC1. The minimum absolute atomic E-state index is 0.347. The number of terminal acetylenes is 1. The number of hydrogen-bond acceptors (Lipinski definition) is 4. The number of nitrogens with zero attached hydrogens (tertiary/aromatic N) is 3. The molecule has 0 N–H and O–H groups in total. The normalized spacial score (nSPS) is 16.5.